The van der Waals surface area contributed by atoms with Crippen molar-refractivity contribution in [2.24, 2.45) is 50.2 Å². The molecular weight excluding hydrogens is 1200 g/mol. The fraction of sp³-hybridized carbons (Fsp3) is 0.921. The Balaban J connectivity index is 0.909. The van der Waals surface area contributed by atoms with E-state index < -0.39 is 230 Å². The summed E-state index contributed by atoms with van der Waals surface area (Å²) in [6.07, 6.45) is -36.0. The lowest BCUT2D eigenvalue weighted by molar-refractivity contribution is -0.380. The minimum atomic E-state index is -1.90. The Morgan fingerprint density at radius 3 is 1.66 bits per heavy atom. The Morgan fingerprint density at radius 2 is 1.05 bits per heavy atom. The van der Waals surface area contributed by atoms with Gasteiger partial charge >= 0.3 is 17.9 Å². The maximum atomic E-state index is 15.8. The standard InChI is InChI=1S/C63H100O28/c1-24-37(70)39(72)41(74)53(81-24)88-48-33(68)22-80-52(45(48)78)87-47-27(4)83-55(49(44(47)77)86-29(6)66)89-50-43(76)46(85-28(5)65)26(3)84-56(50)91-57(79)63-18-17-58(7,8)19-31(63)30-13-14-35-59(9)20-32(67)51(90-54-42(75)40(73)38(71)25(2)82-54)60(10,23-64)34(59)15-16-61(35,11)62(30,12)21-36(63)69/h13,24-27,31-56,64,67-78H,14-23H2,1-12H3/t24-,25-,26+,27-,31-,32-,33+,34+,35+,36+,37-,38-,39+,40+,41+,42+,43-,44+,45+,46-,47-,48-,49+,50+,51-,52-,53-,54-,55-,56-,59-,60-,61+,62+,63+/m0/s1. The van der Waals surface area contributed by atoms with Gasteiger partial charge in [0.25, 0.3) is 0 Å². The first-order chi connectivity index (χ1) is 42.4. The minimum absolute atomic E-state index is 0.106. The molecule has 0 aromatic rings. The highest BCUT2D eigenvalue weighted by Crippen LogP contribution is 2.76. The molecule has 5 aliphatic carbocycles. The molecule has 5 saturated heterocycles. The molecule has 35 atom stereocenters. The van der Waals surface area contributed by atoms with Crippen molar-refractivity contribution in [3.63, 3.8) is 0 Å². The van der Waals surface area contributed by atoms with Gasteiger partial charge in [-0.3, -0.25) is 14.4 Å². The normalized spacial score (nSPS) is 53.9. The highest BCUT2D eigenvalue weighted by Gasteiger charge is 2.73. The van der Waals surface area contributed by atoms with Gasteiger partial charge < -0.3 is 123 Å². The van der Waals surface area contributed by atoms with Crippen molar-refractivity contribution in [2.45, 2.75) is 300 Å². The first kappa shape index (κ1) is 71.1. The van der Waals surface area contributed by atoms with Gasteiger partial charge in [-0.05, 0) is 118 Å². The van der Waals surface area contributed by atoms with Crippen molar-refractivity contribution in [1.29, 1.82) is 0 Å². The average Bonchev–Trinajstić information content (AvgIpc) is 0.671. The van der Waals surface area contributed by atoms with Crippen LogP contribution in [0, 0.1) is 50.2 Å². The van der Waals surface area contributed by atoms with Crippen molar-refractivity contribution in [1.82, 2.24) is 0 Å². The predicted molar refractivity (Wildman–Crippen MR) is 307 cm³/mol. The predicted octanol–water partition coefficient (Wildman–Crippen LogP) is -1.41. The quantitative estimate of drug-likeness (QED) is 0.0436. The lowest BCUT2D eigenvalue weighted by atomic mass is 9.33. The number of rotatable bonds is 13. The maximum Gasteiger partial charge on any atom is 0.317 e. The molecule has 520 valence electrons. The smallest absolute Gasteiger partial charge is 0.317 e. The molecule has 10 rings (SSSR count). The van der Waals surface area contributed by atoms with Gasteiger partial charge in [0, 0.05) is 19.3 Å². The fourth-order valence-electron chi connectivity index (χ4n) is 18.4. The molecule has 0 unspecified atom stereocenters. The summed E-state index contributed by atoms with van der Waals surface area (Å²) in [6.45, 7) is 19.7. The SMILES string of the molecule is CC(=O)O[C@@H]1[C@H](O)[C@@H](O[C@@H]2O[C@@H](C)[C@H](O[C@@H]3OC[C@@H](O)[C@H](O[C@@H]4O[C@@H](C)[C@H](O)[C@@H](O)[C@H]4O)[C@H]3O)[C@@H](O)[C@H]2OC(C)=O)[C@H](OC(=O)[C@]23CCC(C)(C)C[C@H]2C2=CC[C@@H]4[C@@]5(C)C[C@H](O)[C@H](O[C@@H]6O[C@@H](C)[C@H](O)[C@@H](O)[C@H]6O)[C@@](C)(CO)[C@@H]5CC[C@@]4(C)[C@]2(C)C[C@H]3O)O[C@@H]1C. The van der Waals surface area contributed by atoms with Gasteiger partial charge in [0.2, 0.25) is 6.29 Å². The zero-order valence-electron chi connectivity index (χ0n) is 53.9. The topological polar surface area (TPSA) is 425 Å². The number of fused-ring (bicyclic) bond motifs is 7. The van der Waals surface area contributed by atoms with Gasteiger partial charge in [-0.15, -0.1) is 0 Å². The largest absolute Gasteiger partial charge is 0.457 e. The van der Waals surface area contributed by atoms with E-state index in [0.717, 1.165) is 19.4 Å². The zero-order valence-corrected chi connectivity index (χ0v) is 53.9. The summed E-state index contributed by atoms with van der Waals surface area (Å²) >= 11 is 0. The van der Waals surface area contributed by atoms with Crippen LogP contribution >= 0.6 is 0 Å². The van der Waals surface area contributed by atoms with Crippen molar-refractivity contribution in [2.75, 3.05) is 13.2 Å². The molecule has 28 heteroatoms. The second-order valence-electron chi connectivity index (χ2n) is 29.8. The molecule has 0 aromatic carbocycles. The van der Waals surface area contributed by atoms with Gasteiger partial charge in [-0.2, -0.15) is 0 Å². The Morgan fingerprint density at radius 1 is 0.516 bits per heavy atom. The van der Waals surface area contributed by atoms with Crippen LogP contribution in [0.25, 0.3) is 0 Å². The number of carbonyl (C=O) groups excluding carboxylic acids is 3. The number of allylic oxidation sites excluding steroid dienone is 2. The molecule has 10 aliphatic rings. The zero-order chi connectivity index (χ0) is 66.9. The number of aliphatic hydroxyl groups excluding tert-OH is 13. The molecule has 0 aromatic heterocycles. The number of hydrogen-bond acceptors (Lipinski definition) is 28. The third kappa shape index (κ3) is 12.1. The van der Waals surface area contributed by atoms with Crippen LogP contribution in [-0.2, 0) is 71.2 Å². The van der Waals surface area contributed by atoms with Gasteiger partial charge in [-0.25, -0.2) is 0 Å². The summed E-state index contributed by atoms with van der Waals surface area (Å²) in [5.41, 5.74) is -4.05. The molecule has 28 nitrogen and oxygen atoms in total. The number of hydrogen-bond donors (Lipinski definition) is 13. The molecule has 9 fully saturated rings. The van der Waals surface area contributed by atoms with Gasteiger partial charge in [0.1, 0.15) is 78.7 Å². The summed E-state index contributed by atoms with van der Waals surface area (Å²) in [5.74, 6) is -3.64. The van der Waals surface area contributed by atoms with E-state index in [2.05, 4.69) is 40.7 Å². The van der Waals surface area contributed by atoms with E-state index in [9.17, 15) is 76.0 Å². The second-order valence-corrected chi connectivity index (χ2v) is 29.8. The summed E-state index contributed by atoms with van der Waals surface area (Å²) in [4.78, 5) is 41.3. The fourth-order valence-corrected chi connectivity index (χ4v) is 18.4. The molecule has 0 radical (unpaired) electrons. The van der Waals surface area contributed by atoms with Crippen LogP contribution in [0.2, 0.25) is 0 Å². The Hall–Kier alpha value is -2.73. The Labute approximate surface area is 529 Å². The molecule has 0 amide bonds. The van der Waals surface area contributed by atoms with Gasteiger partial charge in [0.15, 0.2) is 43.5 Å². The molecule has 4 saturated carbocycles. The average molecular weight is 1310 g/mol. The van der Waals surface area contributed by atoms with E-state index in [1.165, 1.54) is 27.7 Å². The van der Waals surface area contributed by atoms with Crippen LogP contribution in [0.1, 0.15) is 134 Å². The maximum absolute atomic E-state index is 15.8. The minimum Gasteiger partial charge on any atom is -0.457 e. The van der Waals surface area contributed by atoms with Crippen LogP contribution in [-0.4, -0.2) is 263 Å². The van der Waals surface area contributed by atoms with E-state index in [0.29, 0.717) is 32.1 Å². The third-order valence-electron chi connectivity index (χ3n) is 23.6. The van der Waals surface area contributed by atoms with Crippen LogP contribution in [0.3, 0.4) is 0 Å². The number of esters is 3. The van der Waals surface area contributed by atoms with Crippen molar-refractivity contribution < 1.29 is 138 Å². The number of carbonyl (C=O) groups is 3. The van der Waals surface area contributed by atoms with E-state index in [4.69, 9.17) is 56.8 Å². The number of aliphatic hydroxyl groups is 13. The Bertz CT molecular complexity index is 2650. The van der Waals surface area contributed by atoms with Crippen molar-refractivity contribution >= 4 is 17.9 Å². The van der Waals surface area contributed by atoms with Gasteiger partial charge in [0.05, 0.1) is 55.9 Å². The summed E-state index contributed by atoms with van der Waals surface area (Å²) in [5, 5.41) is 147. The van der Waals surface area contributed by atoms with Crippen LogP contribution in [0.4, 0.5) is 0 Å². The molecular formula is C63H100O28. The Kier molecular flexibility index (Phi) is 20.2. The third-order valence-corrected chi connectivity index (χ3v) is 23.6. The van der Waals surface area contributed by atoms with Crippen LogP contribution in [0.5, 0.6) is 0 Å². The highest BCUT2D eigenvalue weighted by molar-refractivity contribution is 5.80. The molecule has 0 bridgehead atoms. The molecule has 0 spiro atoms. The molecule has 13 N–H and O–H groups in total. The monoisotopic (exact) mass is 1300 g/mol. The summed E-state index contributed by atoms with van der Waals surface area (Å²) < 4.78 is 71.9. The molecule has 5 heterocycles. The highest BCUT2D eigenvalue weighted by atomic mass is 16.8. The second kappa shape index (κ2) is 25.9. The lowest BCUT2D eigenvalue weighted by Crippen LogP contribution is -2.70. The first-order valence-corrected chi connectivity index (χ1v) is 32.3. The van der Waals surface area contributed by atoms with Crippen LogP contribution < -0.4 is 0 Å². The number of ether oxygens (including phenoxy) is 12. The van der Waals surface area contributed by atoms with E-state index in [-0.39, 0.29) is 36.5 Å². The lowest BCUT2D eigenvalue weighted by Gasteiger charge is -2.72. The molecule has 91 heavy (non-hydrogen) atoms. The summed E-state index contributed by atoms with van der Waals surface area (Å²) in [7, 11) is 0. The van der Waals surface area contributed by atoms with E-state index in [1.54, 1.807) is 0 Å². The van der Waals surface area contributed by atoms with Crippen molar-refractivity contribution in [3.8, 4) is 0 Å². The van der Waals surface area contributed by atoms with Crippen LogP contribution in [0.15, 0.2) is 11.6 Å². The summed E-state index contributed by atoms with van der Waals surface area (Å²) in [6, 6.07) is 0. The van der Waals surface area contributed by atoms with E-state index in [1.807, 2.05) is 6.92 Å². The van der Waals surface area contributed by atoms with Crippen molar-refractivity contribution in [3.05, 3.63) is 11.6 Å². The van der Waals surface area contributed by atoms with E-state index >= 15 is 4.79 Å². The van der Waals surface area contributed by atoms with Gasteiger partial charge in [-0.1, -0.05) is 53.2 Å². The first-order valence-electron chi connectivity index (χ1n) is 32.3. The molecule has 5 aliphatic heterocycles.